The van der Waals surface area contributed by atoms with E-state index in [0.29, 0.717) is 11.3 Å². The van der Waals surface area contributed by atoms with Gasteiger partial charge in [0.1, 0.15) is 22.7 Å². The van der Waals surface area contributed by atoms with Gasteiger partial charge < -0.3 is 14.9 Å². The highest BCUT2D eigenvalue weighted by Crippen LogP contribution is 2.60. The molecule has 2 N–H and O–H groups in total. The fourth-order valence-corrected chi connectivity index (χ4v) is 3.78. The van der Waals surface area contributed by atoms with Crippen molar-refractivity contribution in [2.75, 3.05) is 0 Å². The number of hydrogen-bond donors (Lipinski definition) is 2. The zero-order valence-electron chi connectivity index (χ0n) is 13.4. The molecular weight excluding hydrogens is 280 g/mol. The first-order chi connectivity index (χ1) is 10.2. The van der Waals surface area contributed by atoms with E-state index in [-0.39, 0.29) is 28.2 Å². The number of fused-ring (bicyclic) bond motifs is 3. The summed E-state index contributed by atoms with van der Waals surface area (Å²) in [5.74, 6) is -0.744. The molecule has 0 saturated carbocycles. The van der Waals surface area contributed by atoms with Gasteiger partial charge in [-0.2, -0.15) is 0 Å². The van der Waals surface area contributed by atoms with Gasteiger partial charge in [-0.1, -0.05) is 18.6 Å². The number of benzene rings is 1. The normalized spacial score (nSPS) is 28.9. The van der Waals surface area contributed by atoms with Gasteiger partial charge >= 0.3 is 5.97 Å². The second-order valence-electron chi connectivity index (χ2n) is 7.20. The Morgan fingerprint density at radius 3 is 2.64 bits per heavy atom. The van der Waals surface area contributed by atoms with Crippen molar-refractivity contribution in [2.24, 2.45) is 5.41 Å². The topological polar surface area (TPSA) is 66.8 Å². The first-order valence-corrected chi connectivity index (χ1v) is 7.63. The maximum absolute atomic E-state index is 11.3. The predicted octanol–water partition coefficient (Wildman–Crippen LogP) is 4.09. The monoisotopic (exact) mass is 302 g/mol. The third kappa shape index (κ3) is 1.86. The molecule has 2 atom stereocenters. The van der Waals surface area contributed by atoms with Crippen molar-refractivity contribution in [3.05, 3.63) is 34.9 Å². The highest BCUT2D eigenvalue weighted by Gasteiger charge is 2.54. The maximum Gasteiger partial charge on any atom is 0.339 e. The molecule has 0 spiro atoms. The van der Waals surface area contributed by atoms with Crippen molar-refractivity contribution < 1.29 is 19.7 Å². The van der Waals surface area contributed by atoms with E-state index in [1.54, 1.807) is 6.07 Å². The smallest absolute Gasteiger partial charge is 0.339 e. The number of aromatic hydroxyl groups is 1. The van der Waals surface area contributed by atoms with Crippen LogP contribution < -0.4 is 4.74 Å². The third-order valence-electron chi connectivity index (χ3n) is 5.64. The Kier molecular flexibility index (Phi) is 3.06. The van der Waals surface area contributed by atoms with Gasteiger partial charge in [-0.15, -0.1) is 0 Å². The quantitative estimate of drug-likeness (QED) is 0.767. The zero-order chi connectivity index (χ0) is 16.3. The van der Waals surface area contributed by atoms with Crippen LogP contribution in [0.1, 0.15) is 62.4 Å². The van der Waals surface area contributed by atoms with Gasteiger partial charge in [-0.3, -0.25) is 0 Å². The molecule has 0 saturated heterocycles. The van der Waals surface area contributed by atoms with Crippen LogP contribution in [0.2, 0.25) is 0 Å². The van der Waals surface area contributed by atoms with Crippen LogP contribution in [0.15, 0.2) is 23.8 Å². The molecule has 0 fully saturated rings. The summed E-state index contributed by atoms with van der Waals surface area (Å²) in [7, 11) is 0. The van der Waals surface area contributed by atoms with Crippen molar-refractivity contribution in [2.45, 2.75) is 52.1 Å². The van der Waals surface area contributed by atoms with E-state index in [0.717, 1.165) is 12.8 Å². The van der Waals surface area contributed by atoms with Gasteiger partial charge in [0.2, 0.25) is 0 Å². The number of carboxylic acids is 1. The fourth-order valence-electron chi connectivity index (χ4n) is 3.78. The van der Waals surface area contributed by atoms with E-state index in [4.69, 9.17) is 4.74 Å². The first kappa shape index (κ1) is 14.9. The molecule has 4 nitrogen and oxygen atoms in total. The van der Waals surface area contributed by atoms with Gasteiger partial charge in [0.15, 0.2) is 0 Å². The van der Waals surface area contributed by atoms with Gasteiger partial charge in [0.25, 0.3) is 0 Å². The Balaban J connectivity index is 2.29. The maximum atomic E-state index is 11.3. The molecule has 0 aromatic heterocycles. The number of phenols is 1. The molecule has 1 aromatic rings. The van der Waals surface area contributed by atoms with Crippen LogP contribution in [-0.4, -0.2) is 21.8 Å². The Bertz CT molecular complexity index is 687. The highest BCUT2D eigenvalue weighted by atomic mass is 16.5. The average molecular weight is 302 g/mol. The number of rotatable bonds is 1. The summed E-state index contributed by atoms with van der Waals surface area (Å²) in [6.07, 6.45) is 4.11. The molecule has 1 heterocycles. The van der Waals surface area contributed by atoms with Gasteiger partial charge in [-0.05, 0) is 45.7 Å². The molecule has 1 aliphatic carbocycles. The van der Waals surface area contributed by atoms with Crippen molar-refractivity contribution >= 4 is 5.97 Å². The van der Waals surface area contributed by atoms with Crippen LogP contribution in [-0.2, 0) is 0 Å². The van der Waals surface area contributed by atoms with Crippen molar-refractivity contribution in [3.63, 3.8) is 0 Å². The number of allylic oxidation sites excluding steroid dienone is 2. The lowest BCUT2D eigenvalue weighted by atomic mass is 9.57. The number of ether oxygens (including phenoxy) is 1. The lowest BCUT2D eigenvalue weighted by Crippen LogP contribution is -2.53. The summed E-state index contributed by atoms with van der Waals surface area (Å²) in [6, 6.07) is 3.08. The summed E-state index contributed by atoms with van der Waals surface area (Å²) in [4.78, 5) is 11.3. The number of hydrogen-bond acceptors (Lipinski definition) is 3. The van der Waals surface area contributed by atoms with Crippen LogP contribution in [0, 0.1) is 5.41 Å². The van der Waals surface area contributed by atoms with Crippen LogP contribution in [0.25, 0.3) is 0 Å². The SMILES string of the molecule is CC1=C[C@H]2c3c(ccc(C(=O)O)c3O)OC(C)(C)[C@]2(C)CC1. The lowest BCUT2D eigenvalue weighted by Gasteiger charge is -2.54. The summed E-state index contributed by atoms with van der Waals surface area (Å²) >= 11 is 0. The van der Waals surface area contributed by atoms with E-state index >= 15 is 0 Å². The molecule has 2 aliphatic rings. The van der Waals surface area contributed by atoms with E-state index in [1.807, 2.05) is 0 Å². The first-order valence-electron chi connectivity index (χ1n) is 7.63. The molecule has 1 aromatic carbocycles. The molecule has 4 heteroatoms. The molecule has 0 radical (unpaired) electrons. The fraction of sp³-hybridized carbons (Fsp3) is 0.500. The van der Waals surface area contributed by atoms with E-state index in [2.05, 4.69) is 33.8 Å². The highest BCUT2D eigenvalue weighted by molar-refractivity contribution is 5.92. The second-order valence-corrected chi connectivity index (χ2v) is 7.20. The van der Waals surface area contributed by atoms with Gasteiger partial charge in [0.05, 0.1) is 0 Å². The molecule has 0 amide bonds. The molecule has 0 unspecified atom stereocenters. The molecule has 118 valence electrons. The molecule has 1 aliphatic heterocycles. The summed E-state index contributed by atoms with van der Waals surface area (Å²) in [5.41, 5.74) is 1.24. The standard InChI is InChI=1S/C18H22O4/c1-10-7-8-18(4)12(9-10)14-13(22-17(18,2)3)6-5-11(15(14)19)16(20)21/h5-6,9,12,19H,7-8H2,1-4H3,(H,20,21)/t12-,18+/m0/s1. The minimum atomic E-state index is -1.12. The van der Waals surface area contributed by atoms with Crippen LogP contribution in [0.3, 0.4) is 0 Å². The third-order valence-corrected chi connectivity index (χ3v) is 5.64. The van der Waals surface area contributed by atoms with E-state index in [1.165, 1.54) is 11.6 Å². The molecule has 0 bridgehead atoms. The van der Waals surface area contributed by atoms with Crippen molar-refractivity contribution in [3.8, 4) is 11.5 Å². The van der Waals surface area contributed by atoms with E-state index in [9.17, 15) is 15.0 Å². The van der Waals surface area contributed by atoms with Crippen LogP contribution in [0.4, 0.5) is 0 Å². The number of carbonyl (C=O) groups is 1. The molecule has 3 rings (SSSR count). The molecule has 22 heavy (non-hydrogen) atoms. The summed E-state index contributed by atoms with van der Waals surface area (Å²) in [6.45, 7) is 8.38. The number of carboxylic acid groups (broad SMARTS) is 1. The predicted molar refractivity (Wildman–Crippen MR) is 83.6 cm³/mol. The Hall–Kier alpha value is -1.97. The Morgan fingerprint density at radius 1 is 1.32 bits per heavy atom. The van der Waals surface area contributed by atoms with Gasteiger partial charge in [0, 0.05) is 16.9 Å². The van der Waals surface area contributed by atoms with Crippen LogP contribution in [0.5, 0.6) is 11.5 Å². The lowest BCUT2D eigenvalue weighted by molar-refractivity contribution is -0.0577. The number of aromatic carboxylic acids is 1. The Labute approximate surface area is 130 Å². The van der Waals surface area contributed by atoms with Gasteiger partial charge in [-0.25, -0.2) is 4.79 Å². The van der Waals surface area contributed by atoms with Crippen LogP contribution >= 0.6 is 0 Å². The second kappa shape index (κ2) is 4.51. The average Bonchev–Trinajstić information content (AvgIpc) is 2.40. The molecular formula is C18H22O4. The largest absolute Gasteiger partial charge is 0.507 e. The Morgan fingerprint density at radius 2 is 2.00 bits per heavy atom. The zero-order valence-corrected chi connectivity index (χ0v) is 13.4. The van der Waals surface area contributed by atoms with Crippen molar-refractivity contribution in [1.82, 2.24) is 0 Å². The minimum Gasteiger partial charge on any atom is -0.507 e. The summed E-state index contributed by atoms with van der Waals surface area (Å²) in [5, 5.41) is 19.8. The minimum absolute atomic E-state index is 0.0423. The summed E-state index contributed by atoms with van der Waals surface area (Å²) < 4.78 is 6.16. The van der Waals surface area contributed by atoms with E-state index < -0.39 is 5.97 Å². The van der Waals surface area contributed by atoms with Crippen molar-refractivity contribution in [1.29, 1.82) is 0 Å².